The zero-order valence-electron chi connectivity index (χ0n) is 15.8. The van der Waals surface area contributed by atoms with E-state index in [1.807, 2.05) is 13.8 Å². The van der Waals surface area contributed by atoms with Crippen molar-refractivity contribution in [1.82, 2.24) is 20.5 Å². The highest BCUT2D eigenvalue weighted by Crippen LogP contribution is 2.20. The molecule has 25 heavy (non-hydrogen) atoms. The number of carbonyl (C=O) groups excluding carboxylic acids is 1. The van der Waals surface area contributed by atoms with Gasteiger partial charge < -0.3 is 15.1 Å². The average Bonchev–Trinajstić information content (AvgIpc) is 2.91. The number of hydrogen-bond acceptors (Lipinski definition) is 5. The molecule has 6 nitrogen and oxygen atoms in total. The number of piperidine rings is 2. The molecular weight excluding hydrogens is 316 g/mol. The van der Waals surface area contributed by atoms with Gasteiger partial charge in [-0.3, -0.25) is 9.69 Å². The molecule has 2 fully saturated rings. The molecule has 0 saturated carbocycles. The van der Waals surface area contributed by atoms with Gasteiger partial charge >= 0.3 is 0 Å². The first-order chi connectivity index (χ1) is 12.0. The summed E-state index contributed by atoms with van der Waals surface area (Å²) in [7, 11) is 0. The first kappa shape index (κ1) is 18.4. The minimum Gasteiger partial charge on any atom is -0.444 e. The van der Waals surface area contributed by atoms with Crippen molar-refractivity contribution in [3.8, 4) is 0 Å². The quantitative estimate of drug-likeness (QED) is 0.852. The second kappa shape index (κ2) is 8.32. The molecule has 0 bridgehead atoms. The lowest BCUT2D eigenvalue weighted by atomic mass is 9.91. The Morgan fingerprint density at radius 2 is 2.08 bits per heavy atom. The molecule has 0 spiro atoms. The largest absolute Gasteiger partial charge is 0.444 e. The van der Waals surface area contributed by atoms with Crippen LogP contribution in [0.25, 0.3) is 0 Å². The Morgan fingerprint density at radius 1 is 1.32 bits per heavy atom. The fourth-order valence-electron chi connectivity index (χ4n) is 3.91. The van der Waals surface area contributed by atoms with Gasteiger partial charge in [0.05, 0.1) is 12.2 Å². The van der Waals surface area contributed by atoms with Gasteiger partial charge in [0.2, 0.25) is 11.8 Å². The van der Waals surface area contributed by atoms with E-state index in [1.165, 1.54) is 0 Å². The smallest absolute Gasteiger partial charge is 0.223 e. The summed E-state index contributed by atoms with van der Waals surface area (Å²) in [5, 5.41) is 6.61. The van der Waals surface area contributed by atoms with Gasteiger partial charge in [0.15, 0.2) is 0 Å². The Morgan fingerprint density at radius 3 is 2.72 bits per heavy atom. The Hall–Kier alpha value is -1.40. The van der Waals surface area contributed by atoms with Crippen LogP contribution < -0.4 is 10.6 Å². The third-order valence-corrected chi connectivity index (χ3v) is 5.70. The van der Waals surface area contributed by atoms with Gasteiger partial charge in [-0.1, -0.05) is 0 Å². The average molecular weight is 348 g/mol. The van der Waals surface area contributed by atoms with Crippen LogP contribution in [0.2, 0.25) is 0 Å². The normalized spacial score (nSPS) is 25.9. The first-order valence-corrected chi connectivity index (χ1v) is 9.67. The summed E-state index contributed by atoms with van der Waals surface area (Å²) in [5.41, 5.74) is 0.986. The van der Waals surface area contributed by atoms with E-state index < -0.39 is 0 Å². The molecule has 1 aromatic heterocycles. The lowest BCUT2D eigenvalue weighted by Crippen LogP contribution is -2.44. The number of amides is 1. The van der Waals surface area contributed by atoms with E-state index in [0.29, 0.717) is 12.0 Å². The Bertz CT molecular complexity index is 558. The van der Waals surface area contributed by atoms with Crippen molar-refractivity contribution in [3.63, 3.8) is 0 Å². The van der Waals surface area contributed by atoms with Crippen LogP contribution in [0.15, 0.2) is 4.42 Å². The van der Waals surface area contributed by atoms with Crippen molar-refractivity contribution in [1.29, 1.82) is 0 Å². The molecule has 2 saturated heterocycles. The highest BCUT2D eigenvalue weighted by Gasteiger charge is 2.26. The first-order valence-electron chi connectivity index (χ1n) is 9.67. The summed E-state index contributed by atoms with van der Waals surface area (Å²) in [6.45, 7) is 10.8. The molecule has 0 aliphatic carbocycles. The molecule has 2 aliphatic heterocycles. The highest BCUT2D eigenvalue weighted by atomic mass is 16.4. The fraction of sp³-hybridized carbons (Fsp3) is 0.789. The Balaban J connectivity index is 1.37. The zero-order valence-corrected chi connectivity index (χ0v) is 15.8. The van der Waals surface area contributed by atoms with E-state index in [4.69, 9.17) is 4.42 Å². The maximum atomic E-state index is 12.4. The van der Waals surface area contributed by atoms with Gasteiger partial charge in [0.25, 0.3) is 0 Å². The SMILES string of the molecule is Cc1nc(CN2CCC(CNC(=O)[C@H]3CCN[C@@H](C)C3)CC2)oc1C. The third kappa shape index (κ3) is 5.05. The van der Waals surface area contributed by atoms with Gasteiger partial charge in [0.1, 0.15) is 5.76 Å². The molecule has 3 rings (SSSR count). The molecule has 1 amide bonds. The number of carbonyl (C=O) groups is 1. The van der Waals surface area contributed by atoms with Crippen LogP contribution in [-0.2, 0) is 11.3 Å². The van der Waals surface area contributed by atoms with E-state index in [1.54, 1.807) is 0 Å². The summed E-state index contributed by atoms with van der Waals surface area (Å²) in [5.74, 6) is 2.77. The summed E-state index contributed by atoms with van der Waals surface area (Å²) < 4.78 is 5.68. The molecule has 6 heteroatoms. The van der Waals surface area contributed by atoms with E-state index in [0.717, 1.165) is 75.8 Å². The van der Waals surface area contributed by atoms with Crippen LogP contribution in [0.1, 0.15) is 50.0 Å². The van der Waals surface area contributed by atoms with Crippen LogP contribution in [-0.4, -0.2) is 48.0 Å². The molecule has 2 aliphatic rings. The van der Waals surface area contributed by atoms with Crippen LogP contribution >= 0.6 is 0 Å². The number of aryl methyl sites for hydroxylation is 2. The monoisotopic (exact) mass is 348 g/mol. The predicted molar refractivity (Wildman–Crippen MR) is 97.2 cm³/mol. The van der Waals surface area contributed by atoms with E-state index in [9.17, 15) is 4.79 Å². The third-order valence-electron chi connectivity index (χ3n) is 5.70. The van der Waals surface area contributed by atoms with Gasteiger partial charge in [0, 0.05) is 18.5 Å². The van der Waals surface area contributed by atoms with Crippen LogP contribution in [0.3, 0.4) is 0 Å². The molecule has 0 aromatic carbocycles. The number of rotatable bonds is 5. The van der Waals surface area contributed by atoms with Gasteiger partial charge in [-0.05, 0) is 72.0 Å². The van der Waals surface area contributed by atoms with E-state index >= 15 is 0 Å². The fourth-order valence-corrected chi connectivity index (χ4v) is 3.91. The lowest BCUT2D eigenvalue weighted by Gasteiger charge is -2.32. The van der Waals surface area contributed by atoms with Crippen molar-refractivity contribution >= 4 is 5.91 Å². The number of nitrogens with zero attached hydrogens (tertiary/aromatic N) is 2. The lowest BCUT2D eigenvalue weighted by molar-refractivity contribution is -0.126. The van der Waals surface area contributed by atoms with Crippen molar-refractivity contribution in [2.75, 3.05) is 26.2 Å². The summed E-state index contributed by atoms with van der Waals surface area (Å²) >= 11 is 0. The van der Waals surface area contributed by atoms with Crippen molar-refractivity contribution in [2.45, 2.75) is 59.0 Å². The van der Waals surface area contributed by atoms with Gasteiger partial charge in [-0.25, -0.2) is 4.98 Å². The second-order valence-electron chi connectivity index (χ2n) is 7.79. The van der Waals surface area contributed by atoms with Crippen molar-refractivity contribution in [2.24, 2.45) is 11.8 Å². The number of oxazole rings is 1. The zero-order chi connectivity index (χ0) is 17.8. The molecule has 140 valence electrons. The second-order valence-corrected chi connectivity index (χ2v) is 7.79. The van der Waals surface area contributed by atoms with E-state index in [-0.39, 0.29) is 11.8 Å². The van der Waals surface area contributed by atoms with Gasteiger partial charge in [-0.15, -0.1) is 0 Å². The molecule has 1 aromatic rings. The number of aromatic nitrogens is 1. The molecular formula is C19H32N4O2. The van der Waals surface area contributed by atoms with Crippen LogP contribution in [0, 0.1) is 25.7 Å². The molecule has 0 radical (unpaired) electrons. The highest BCUT2D eigenvalue weighted by molar-refractivity contribution is 5.78. The Kier molecular flexibility index (Phi) is 6.12. The maximum Gasteiger partial charge on any atom is 0.223 e. The number of nitrogens with one attached hydrogen (secondary N) is 2. The van der Waals surface area contributed by atoms with Crippen molar-refractivity contribution in [3.05, 3.63) is 17.3 Å². The molecule has 0 unspecified atom stereocenters. The number of likely N-dealkylation sites (tertiary alicyclic amines) is 1. The van der Waals surface area contributed by atoms with Crippen molar-refractivity contribution < 1.29 is 9.21 Å². The predicted octanol–water partition coefficient (Wildman–Crippen LogP) is 2.01. The minimum absolute atomic E-state index is 0.188. The summed E-state index contributed by atoms with van der Waals surface area (Å²) in [4.78, 5) is 19.2. The summed E-state index contributed by atoms with van der Waals surface area (Å²) in [6.07, 6.45) is 4.17. The van der Waals surface area contributed by atoms with E-state index in [2.05, 4.69) is 27.4 Å². The summed E-state index contributed by atoms with van der Waals surface area (Å²) in [6, 6.07) is 0.454. The van der Waals surface area contributed by atoms with Gasteiger partial charge in [-0.2, -0.15) is 0 Å². The van der Waals surface area contributed by atoms with Crippen LogP contribution in [0.5, 0.6) is 0 Å². The molecule has 2 N–H and O–H groups in total. The topological polar surface area (TPSA) is 70.4 Å². The minimum atomic E-state index is 0.188. The standard InChI is InChI=1S/C19H32N4O2/c1-13-10-17(4-7-20-13)19(24)21-11-16-5-8-23(9-6-16)12-18-22-14(2)15(3)25-18/h13,16-17,20H,4-12H2,1-3H3,(H,21,24)/t13-,17-/m0/s1. The van der Waals surface area contributed by atoms with Crippen LogP contribution in [0.4, 0.5) is 0 Å². The molecule has 3 heterocycles. The molecule has 2 atom stereocenters. The number of hydrogen-bond donors (Lipinski definition) is 2. The Labute approximate surface area is 150 Å². The maximum absolute atomic E-state index is 12.4.